The van der Waals surface area contributed by atoms with Crippen molar-refractivity contribution in [1.82, 2.24) is 5.32 Å². The lowest BCUT2D eigenvalue weighted by atomic mass is 9.71. The second-order valence-electron chi connectivity index (χ2n) is 4.88. The first-order valence-corrected chi connectivity index (χ1v) is 5.28. The summed E-state index contributed by atoms with van der Waals surface area (Å²) in [6.45, 7) is 11.6. The SMILES string of the molecule is CC(C)C(C)NC1CC(C)C1C. The average Bonchev–Trinajstić information content (AvgIpc) is 2.03. The summed E-state index contributed by atoms with van der Waals surface area (Å²) in [7, 11) is 0. The molecule has 0 aromatic heterocycles. The molecule has 1 heteroatoms. The first-order valence-electron chi connectivity index (χ1n) is 5.28. The van der Waals surface area contributed by atoms with Gasteiger partial charge in [-0.2, -0.15) is 0 Å². The van der Waals surface area contributed by atoms with E-state index in [0.717, 1.165) is 23.8 Å². The molecule has 1 aliphatic carbocycles. The van der Waals surface area contributed by atoms with Crippen LogP contribution in [0.2, 0.25) is 0 Å². The summed E-state index contributed by atoms with van der Waals surface area (Å²) in [6, 6.07) is 1.46. The van der Waals surface area contributed by atoms with Gasteiger partial charge in [0.1, 0.15) is 0 Å². The van der Waals surface area contributed by atoms with Crippen LogP contribution in [0.4, 0.5) is 0 Å². The Balaban J connectivity index is 2.24. The van der Waals surface area contributed by atoms with E-state index in [1.165, 1.54) is 6.42 Å². The zero-order valence-corrected chi connectivity index (χ0v) is 9.09. The molecule has 4 atom stereocenters. The van der Waals surface area contributed by atoms with Gasteiger partial charge in [0.15, 0.2) is 0 Å². The molecular weight excluding hydrogens is 146 g/mol. The van der Waals surface area contributed by atoms with Crippen LogP contribution in [0.5, 0.6) is 0 Å². The van der Waals surface area contributed by atoms with Crippen LogP contribution < -0.4 is 5.32 Å². The maximum Gasteiger partial charge on any atom is 0.0100 e. The Morgan fingerprint density at radius 1 is 1.17 bits per heavy atom. The van der Waals surface area contributed by atoms with Crippen molar-refractivity contribution in [2.75, 3.05) is 0 Å². The topological polar surface area (TPSA) is 12.0 Å². The van der Waals surface area contributed by atoms with E-state index in [4.69, 9.17) is 0 Å². The molecule has 1 fully saturated rings. The minimum Gasteiger partial charge on any atom is -0.311 e. The van der Waals surface area contributed by atoms with Gasteiger partial charge in [0.05, 0.1) is 0 Å². The quantitative estimate of drug-likeness (QED) is 0.685. The fourth-order valence-electron chi connectivity index (χ4n) is 1.78. The first-order chi connectivity index (χ1) is 5.52. The smallest absolute Gasteiger partial charge is 0.0100 e. The maximum atomic E-state index is 3.70. The van der Waals surface area contributed by atoms with E-state index in [-0.39, 0.29) is 0 Å². The molecule has 0 aromatic rings. The third kappa shape index (κ3) is 2.01. The lowest BCUT2D eigenvalue weighted by molar-refractivity contribution is 0.120. The molecule has 72 valence electrons. The summed E-state index contributed by atoms with van der Waals surface area (Å²) in [5, 5.41) is 3.70. The van der Waals surface area contributed by atoms with E-state index < -0.39 is 0 Å². The number of rotatable bonds is 3. The summed E-state index contributed by atoms with van der Waals surface area (Å²) >= 11 is 0. The molecule has 0 radical (unpaired) electrons. The zero-order chi connectivity index (χ0) is 9.30. The molecule has 0 aromatic carbocycles. The lowest BCUT2D eigenvalue weighted by Crippen LogP contribution is -2.52. The van der Waals surface area contributed by atoms with Crippen molar-refractivity contribution in [1.29, 1.82) is 0 Å². The molecule has 0 amide bonds. The molecule has 0 aliphatic heterocycles. The Hall–Kier alpha value is -0.0400. The molecule has 1 nitrogen and oxygen atoms in total. The lowest BCUT2D eigenvalue weighted by Gasteiger charge is -2.43. The minimum atomic E-state index is 0.671. The fraction of sp³-hybridized carbons (Fsp3) is 1.00. The van der Waals surface area contributed by atoms with Crippen molar-refractivity contribution in [2.45, 2.75) is 53.1 Å². The molecule has 12 heavy (non-hydrogen) atoms. The second kappa shape index (κ2) is 3.78. The second-order valence-corrected chi connectivity index (χ2v) is 4.88. The van der Waals surface area contributed by atoms with Gasteiger partial charge in [0.25, 0.3) is 0 Å². The summed E-state index contributed by atoms with van der Waals surface area (Å²) in [5.41, 5.74) is 0. The Morgan fingerprint density at radius 2 is 1.75 bits per heavy atom. The van der Waals surface area contributed by atoms with Crippen molar-refractivity contribution in [3.8, 4) is 0 Å². The highest BCUT2D eigenvalue weighted by atomic mass is 15.0. The van der Waals surface area contributed by atoms with Crippen molar-refractivity contribution < 1.29 is 0 Å². The van der Waals surface area contributed by atoms with E-state index in [1.54, 1.807) is 0 Å². The highest BCUT2D eigenvalue weighted by Gasteiger charge is 2.34. The van der Waals surface area contributed by atoms with Crippen LogP contribution in [0.1, 0.15) is 41.0 Å². The van der Waals surface area contributed by atoms with Gasteiger partial charge < -0.3 is 5.32 Å². The number of nitrogens with one attached hydrogen (secondary N) is 1. The van der Waals surface area contributed by atoms with Crippen LogP contribution in [0.15, 0.2) is 0 Å². The molecule has 1 aliphatic rings. The van der Waals surface area contributed by atoms with Gasteiger partial charge in [-0.05, 0) is 31.1 Å². The van der Waals surface area contributed by atoms with E-state index in [9.17, 15) is 0 Å². The van der Waals surface area contributed by atoms with Crippen LogP contribution in [0, 0.1) is 17.8 Å². The minimum absolute atomic E-state index is 0.671. The molecule has 0 bridgehead atoms. The van der Waals surface area contributed by atoms with E-state index >= 15 is 0 Å². The van der Waals surface area contributed by atoms with Crippen molar-refractivity contribution in [3.63, 3.8) is 0 Å². The van der Waals surface area contributed by atoms with Gasteiger partial charge in [-0.1, -0.05) is 27.7 Å². The molecule has 1 saturated carbocycles. The fourth-order valence-corrected chi connectivity index (χ4v) is 1.78. The van der Waals surface area contributed by atoms with Gasteiger partial charge in [-0.25, -0.2) is 0 Å². The summed E-state index contributed by atoms with van der Waals surface area (Å²) in [5.74, 6) is 2.57. The van der Waals surface area contributed by atoms with Crippen LogP contribution in [0.25, 0.3) is 0 Å². The monoisotopic (exact) mass is 169 g/mol. The molecule has 1 N–H and O–H groups in total. The molecule has 1 rings (SSSR count). The van der Waals surface area contributed by atoms with Crippen LogP contribution in [-0.2, 0) is 0 Å². The van der Waals surface area contributed by atoms with Crippen molar-refractivity contribution in [2.24, 2.45) is 17.8 Å². The number of hydrogen-bond acceptors (Lipinski definition) is 1. The van der Waals surface area contributed by atoms with Gasteiger partial charge in [-0.15, -0.1) is 0 Å². The highest BCUT2D eigenvalue weighted by molar-refractivity contribution is 4.90. The number of hydrogen-bond donors (Lipinski definition) is 1. The van der Waals surface area contributed by atoms with Crippen molar-refractivity contribution >= 4 is 0 Å². The molecule has 4 unspecified atom stereocenters. The van der Waals surface area contributed by atoms with E-state index in [2.05, 4.69) is 39.9 Å². The summed E-state index contributed by atoms with van der Waals surface area (Å²) in [4.78, 5) is 0. The summed E-state index contributed by atoms with van der Waals surface area (Å²) in [6.07, 6.45) is 1.37. The third-order valence-electron chi connectivity index (χ3n) is 3.63. The molecular formula is C11H23N. The van der Waals surface area contributed by atoms with E-state index in [0.29, 0.717) is 6.04 Å². The Labute approximate surface area is 76.9 Å². The first kappa shape index (κ1) is 10.0. The predicted octanol–water partition coefficient (Wildman–Crippen LogP) is 2.67. The van der Waals surface area contributed by atoms with Gasteiger partial charge in [0, 0.05) is 12.1 Å². The van der Waals surface area contributed by atoms with Crippen LogP contribution >= 0.6 is 0 Å². The van der Waals surface area contributed by atoms with Gasteiger partial charge >= 0.3 is 0 Å². The summed E-state index contributed by atoms with van der Waals surface area (Å²) < 4.78 is 0. The van der Waals surface area contributed by atoms with Crippen LogP contribution in [-0.4, -0.2) is 12.1 Å². The third-order valence-corrected chi connectivity index (χ3v) is 3.63. The highest BCUT2D eigenvalue weighted by Crippen LogP contribution is 2.34. The molecule has 0 heterocycles. The van der Waals surface area contributed by atoms with Crippen molar-refractivity contribution in [3.05, 3.63) is 0 Å². The Morgan fingerprint density at radius 3 is 2.08 bits per heavy atom. The average molecular weight is 169 g/mol. The van der Waals surface area contributed by atoms with Gasteiger partial charge in [0.2, 0.25) is 0 Å². The predicted molar refractivity (Wildman–Crippen MR) is 54.2 cm³/mol. The molecule has 0 saturated heterocycles. The molecule has 0 spiro atoms. The Bertz CT molecular complexity index is 142. The zero-order valence-electron chi connectivity index (χ0n) is 9.09. The maximum absolute atomic E-state index is 3.70. The largest absolute Gasteiger partial charge is 0.311 e. The Kier molecular flexibility index (Phi) is 3.16. The normalized spacial score (nSPS) is 38.0. The standard InChI is InChI=1S/C11H23N/c1-7(2)10(5)12-11-6-8(3)9(11)4/h7-12H,6H2,1-5H3. The van der Waals surface area contributed by atoms with Gasteiger partial charge in [-0.3, -0.25) is 0 Å². The van der Waals surface area contributed by atoms with E-state index in [1.807, 2.05) is 0 Å². The van der Waals surface area contributed by atoms with Crippen LogP contribution in [0.3, 0.4) is 0 Å².